The van der Waals surface area contributed by atoms with E-state index in [2.05, 4.69) is 4.74 Å². The van der Waals surface area contributed by atoms with E-state index in [0.717, 1.165) is 23.5 Å². The number of benzene rings is 2. The van der Waals surface area contributed by atoms with Crippen LogP contribution in [-0.2, 0) is 28.4 Å². The first-order valence-corrected chi connectivity index (χ1v) is 12.9. The number of carbonyl (C=O) groups excluding carboxylic acids is 2. The molecule has 15 heteroatoms. The lowest BCUT2D eigenvalue weighted by Crippen LogP contribution is -2.40. The van der Waals surface area contributed by atoms with Gasteiger partial charge in [-0.2, -0.15) is 26.3 Å². The predicted octanol–water partition coefficient (Wildman–Crippen LogP) is 7.86. The molecule has 2 aromatic rings. The van der Waals surface area contributed by atoms with Crippen LogP contribution in [0.5, 0.6) is 5.75 Å². The molecule has 2 aromatic carbocycles. The van der Waals surface area contributed by atoms with Gasteiger partial charge in [0.1, 0.15) is 11.9 Å². The van der Waals surface area contributed by atoms with Gasteiger partial charge in [0.15, 0.2) is 0 Å². The molecule has 230 valence electrons. The van der Waals surface area contributed by atoms with Gasteiger partial charge in [0.25, 0.3) is 0 Å². The van der Waals surface area contributed by atoms with E-state index in [0.29, 0.717) is 25.0 Å². The maximum absolute atomic E-state index is 13.4. The van der Waals surface area contributed by atoms with Crippen molar-refractivity contribution in [2.75, 3.05) is 11.4 Å². The second kappa shape index (κ2) is 11.2. The summed E-state index contributed by atoms with van der Waals surface area (Å²) in [6.45, 7) is 2.61. The van der Waals surface area contributed by atoms with Gasteiger partial charge in [0.2, 0.25) is 5.91 Å². The standard InChI is InChI=1S/C27H25F9N2O4/c1-3-37(23(39)15-5-4-6-15)21-8-7-20(42-27(34,35)36)11-17(21)13-38-14(2)22(41-24(38)40)16-9-18(25(28,29)30)12-19(10-16)26(31,32)33/h7-12,14-15,22H,3-6,13H2,1-2H3/t14-,22-/m0/s1. The van der Waals surface area contributed by atoms with Crippen LogP contribution in [0.2, 0.25) is 0 Å². The molecule has 2 fully saturated rings. The molecule has 1 heterocycles. The van der Waals surface area contributed by atoms with Crippen LogP contribution in [0.25, 0.3) is 0 Å². The van der Waals surface area contributed by atoms with E-state index in [1.807, 2.05) is 0 Å². The van der Waals surface area contributed by atoms with Crippen molar-refractivity contribution >= 4 is 17.7 Å². The Kier molecular flexibility index (Phi) is 8.35. The van der Waals surface area contributed by atoms with Gasteiger partial charge in [-0.05, 0) is 74.2 Å². The quantitative estimate of drug-likeness (QED) is 0.299. The molecule has 2 amide bonds. The summed E-state index contributed by atoms with van der Waals surface area (Å²) in [6.07, 6.45) is -15.9. The zero-order chi connectivity index (χ0) is 31.2. The van der Waals surface area contributed by atoms with Gasteiger partial charge in [0.05, 0.1) is 23.7 Å². The van der Waals surface area contributed by atoms with Crippen molar-refractivity contribution in [3.05, 3.63) is 58.7 Å². The van der Waals surface area contributed by atoms with Gasteiger partial charge in [-0.1, -0.05) is 6.42 Å². The minimum absolute atomic E-state index is 0.0238. The van der Waals surface area contributed by atoms with Crippen molar-refractivity contribution in [1.82, 2.24) is 4.90 Å². The van der Waals surface area contributed by atoms with Gasteiger partial charge in [-0.25, -0.2) is 4.79 Å². The summed E-state index contributed by atoms with van der Waals surface area (Å²) in [5.74, 6) is -1.21. The molecule has 0 aromatic heterocycles. The van der Waals surface area contributed by atoms with Gasteiger partial charge in [0, 0.05) is 18.2 Å². The van der Waals surface area contributed by atoms with E-state index in [1.165, 1.54) is 17.9 Å². The minimum atomic E-state index is -5.13. The lowest BCUT2D eigenvalue weighted by molar-refractivity contribution is -0.274. The molecular formula is C27H25F9N2O4. The average Bonchev–Trinajstić information content (AvgIpc) is 3.10. The van der Waals surface area contributed by atoms with Crippen LogP contribution >= 0.6 is 0 Å². The molecule has 2 aliphatic rings. The largest absolute Gasteiger partial charge is 0.573 e. The molecule has 0 unspecified atom stereocenters. The molecule has 2 atom stereocenters. The highest BCUT2D eigenvalue weighted by molar-refractivity contribution is 5.96. The summed E-state index contributed by atoms with van der Waals surface area (Å²) in [6, 6.07) is 2.89. The zero-order valence-electron chi connectivity index (χ0n) is 22.2. The van der Waals surface area contributed by atoms with Crippen LogP contribution in [-0.4, -0.2) is 35.8 Å². The van der Waals surface area contributed by atoms with Crippen molar-refractivity contribution in [1.29, 1.82) is 0 Å². The molecule has 4 rings (SSSR count). The van der Waals surface area contributed by atoms with Crippen molar-refractivity contribution in [2.45, 2.75) is 70.5 Å². The third-order valence-corrected chi connectivity index (χ3v) is 7.28. The van der Waals surface area contributed by atoms with Crippen LogP contribution in [0.1, 0.15) is 61.5 Å². The number of ether oxygens (including phenoxy) is 2. The molecule has 42 heavy (non-hydrogen) atoms. The van der Waals surface area contributed by atoms with Gasteiger partial charge in [-0.15, -0.1) is 13.2 Å². The van der Waals surface area contributed by atoms with Gasteiger partial charge < -0.3 is 14.4 Å². The zero-order valence-corrected chi connectivity index (χ0v) is 22.2. The first kappa shape index (κ1) is 31.3. The maximum Gasteiger partial charge on any atom is 0.573 e. The summed E-state index contributed by atoms with van der Waals surface area (Å²) in [5, 5.41) is 0. The Labute approximate surface area is 234 Å². The number of amides is 2. The Bertz CT molecular complexity index is 1300. The van der Waals surface area contributed by atoms with Crippen molar-refractivity contribution in [2.24, 2.45) is 5.92 Å². The fourth-order valence-corrected chi connectivity index (χ4v) is 4.96. The topological polar surface area (TPSA) is 59.1 Å². The Morgan fingerprint density at radius 1 is 0.976 bits per heavy atom. The van der Waals surface area contributed by atoms with Gasteiger partial charge >= 0.3 is 24.8 Å². The molecule has 1 aliphatic carbocycles. The number of carbonyl (C=O) groups is 2. The first-order chi connectivity index (χ1) is 19.4. The first-order valence-electron chi connectivity index (χ1n) is 12.9. The van der Waals surface area contributed by atoms with Crippen molar-refractivity contribution < 1.29 is 58.6 Å². The molecule has 0 radical (unpaired) electrons. The van der Waals surface area contributed by atoms with Crippen LogP contribution in [0.15, 0.2) is 36.4 Å². The van der Waals surface area contributed by atoms with Crippen molar-refractivity contribution in [3.63, 3.8) is 0 Å². The third kappa shape index (κ3) is 6.70. The lowest BCUT2D eigenvalue weighted by atomic mass is 9.84. The Morgan fingerprint density at radius 2 is 1.57 bits per heavy atom. The van der Waals surface area contributed by atoms with E-state index in [4.69, 9.17) is 4.74 Å². The Morgan fingerprint density at radius 3 is 2.05 bits per heavy atom. The molecule has 0 bridgehead atoms. The van der Waals surface area contributed by atoms with Crippen LogP contribution in [0, 0.1) is 5.92 Å². The summed E-state index contributed by atoms with van der Waals surface area (Å²) in [5.41, 5.74) is -3.56. The molecule has 0 spiro atoms. The smallest absolute Gasteiger partial charge is 0.439 e. The summed E-state index contributed by atoms with van der Waals surface area (Å²) in [7, 11) is 0. The number of halogens is 9. The fourth-order valence-electron chi connectivity index (χ4n) is 4.96. The molecule has 1 aliphatic heterocycles. The monoisotopic (exact) mass is 612 g/mol. The second-order valence-electron chi connectivity index (χ2n) is 10.1. The number of rotatable bonds is 7. The summed E-state index contributed by atoms with van der Waals surface area (Å²) in [4.78, 5) is 28.2. The van der Waals surface area contributed by atoms with Crippen molar-refractivity contribution in [3.8, 4) is 5.75 Å². The van der Waals surface area contributed by atoms with Crippen LogP contribution in [0.3, 0.4) is 0 Å². The summed E-state index contributed by atoms with van der Waals surface area (Å²) >= 11 is 0. The highest BCUT2D eigenvalue weighted by atomic mass is 19.4. The molecule has 6 nitrogen and oxygen atoms in total. The van der Waals surface area contributed by atoms with E-state index >= 15 is 0 Å². The maximum atomic E-state index is 13.4. The normalized spacial score (nSPS) is 19.9. The number of hydrogen-bond donors (Lipinski definition) is 0. The van der Waals surface area contributed by atoms with Gasteiger partial charge in [-0.3, -0.25) is 9.69 Å². The third-order valence-electron chi connectivity index (χ3n) is 7.28. The average molecular weight is 612 g/mol. The number of alkyl halides is 9. The molecular weight excluding hydrogens is 587 g/mol. The molecule has 0 N–H and O–H groups in total. The van der Waals surface area contributed by atoms with Crippen LogP contribution < -0.4 is 9.64 Å². The number of anilines is 1. The Balaban J connectivity index is 1.71. The fraction of sp³-hybridized carbons (Fsp3) is 0.481. The van der Waals surface area contributed by atoms with E-state index < -0.39 is 65.9 Å². The van der Waals surface area contributed by atoms with E-state index in [1.54, 1.807) is 6.92 Å². The number of nitrogens with zero attached hydrogens (tertiary/aromatic N) is 2. The van der Waals surface area contributed by atoms with E-state index in [9.17, 15) is 49.1 Å². The van der Waals surface area contributed by atoms with Crippen LogP contribution in [0.4, 0.5) is 50.0 Å². The molecule has 1 saturated heterocycles. The second-order valence-corrected chi connectivity index (χ2v) is 10.1. The van der Waals surface area contributed by atoms with E-state index in [-0.39, 0.29) is 35.7 Å². The molecule has 1 saturated carbocycles. The SMILES string of the molecule is CCN(C(=O)C1CCC1)c1ccc(OC(F)(F)F)cc1CN1C(=O)O[C@H](c2cc(C(F)(F)F)cc(C(F)(F)F)c2)[C@@H]1C. The highest BCUT2D eigenvalue weighted by Crippen LogP contribution is 2.42. The minimum Gasteiger partial charge on any atom is -0.439 e. The number of cyclic esters (lactones) is 1. The predicted molar refractivity (Wildman–Crippen MR) is 129 cm³/mol. The lowest BCUT2D eigenvalue weighted by Gasteiger charge is -2.33. The Hall–Kier alpha value is -3.65. The number of hydrogen-bond acceptors (Lipinski definition) is 4. The highest BCUT2D eigenvalue weighted by Gasteiger charge is 2.44. The summed E-state index contributed by atoms with van der Waals surface area (Å²) < 4.78 is 129.